The minimum absolute atomic E-state index is 0.00907. The first-order chi connectivity index (χ1) is 9.58. The van der Waals surface area contributed by atoms with E-state index in [1.54, 1.807) is 6.07 Å². The number of rotatable bonds is 8. The van der Waals surface area contributed by atoms with Crippen LogP contribution in [-0.2, 0) is 4.79 Å². The van der Waals surface area contributed by atoms with Crippen molar-refractivity contribution in [2.75, 3.05) is 11.9 Å². The van der Waals surface area contributed by atoms with E-state index in [9.17, 15) is 9.18 Å². The van der Waals surface area contributed by atoms with Crippen molar-refractivity contribution >= 4 is 23.2 Å². The summed E-state index contributed by atoms with van der Waals surface area (Å²) in [5, 5.41) is 2.57. The second-order valence-corrected chi connectivity index (χ2v) is 5.33. The highest BCUT2D eigenvalue weighted by molar-refractivity contribution is 6.31. The SMILES string of the molecule is CCCC(CCN)CCC(=O)Nc1cccc(Cl)c1F. The molecule has 0 aliphatic carbocycles. The Bertz CT molecular complexity index is 434. The maximum absolute atomic E-state index is 13.6. The number of halogens is 2. The number of benzene rings is 1. The lowest BCUT2D eigenvalue weighted by Gasteiger charge is -2.14. The van der Waals surface area contributed by atoms with Crippen molar-refractivity contribution in [3.63, 3.8) is 0 Å². The first-order valence-corrected chi connectivity index (χ1v) is 7.40. The summed E-state index contributed by atoms with van der Waals surface area (Å²) in [5.74, 6) is -0.321. The van der Waals surface area contributed by atoms with E-state index in [4.69, 9.17) is 17.3 Å². The number of carbonyl (C=O) groups is 1. The summed E-state index contributed by atoms with van der Waals surface area (Å²) < 4.78 is 13.6. The molecule has 3 N–H and O–H groups in total. The van der Waals surface area contributed by atoms with Gasteiger partial charge in [0, 0.05) is 6.42 Å². The van der Waals surface area contributed by atoms with E-state index >= 15 is 0 Å². The van der Waals surface area contributed by atoms with Crippen molar-refractivity contribution in [1.29, 1.82) is 0 Å². The van der Waals surface area contributed by atoms with E-state index in [0.717, 1.165) is 25.7 Å². The van der Waals surface area contributed by atoms with Crippen LogP contribution in [-0.4, -0.2) is 12.5 Å². The predicted molar refractivity (Wildman–Crippen MR) is 81.3 cm³/mol. The third-order valence-corrected chi connectivity index (χ3v) is 3.57. The van der Waals surface area contributed by atoms with Crippen LogP contribution < -0.4 is 11.1 Å². The zero-order valence-electron chi connectivity index (χ0n) is 11.8. The number of amides is 1. The number of nitrogens with two attached hydrogens (primary N) is 1. The molecule has 5 heteroatoms. The van der Waals surface area contributed by atoms with Crippen LogP contribution in [0.2, 0.25) is 5.02 Å². The second kappa shape index (κ2) is 8.93. The lowest BCUT2D eigenvalue weighted by Crippen LogP contribution is -2.16. The van der Waals surface area contributed by atoms with Crippen LogP contribution in [0.1, 0.15) is 39.0 Å². The van der Waals surface area contributed by atoms with Gasteiger partial charge in [-0.05, 0) is 37.4 Å². The summed E-state index contributed by atoms with van der Waals surface area (Å²) in [7, 11) is 0. The Balaban J connectivity index is 2.48. The molecular weight excluding hydrogens is 279 g/mol. The van der Waals surface area contributed by atoms with E-state index in [2.05, 4.69) is 12.2 Å². The highest BCUT2D eigenvalue weighted by Gasteiger charge is 2.12. The first kappa shape index (κ1) is 16.9. The van der Waals surface area contributed by atoms with Crippen molar-refractivity contribution in [1.82, 2.24) is 0 Å². The molecule has 0 aliphatic rings. The van der Waals surface area contributed by atoms with Gasteiger partial charge in [0.15, 0.2) is 5.82 Å². The molecule has 0 saturated carbocycles. The van der Waals surface area contributed by atoms with Gasteiger partial charge in [0.25, 0.3) is 0 Å². The topological polar surface area (TPSA) is 55.1 Å². The monoisotopic (exact) mass is 300 g/mol. The fraction of sp³-hybridized carbons (Fsp3) is 0.533. The Morgan fingerprint density at radius 1 is 1.40 bits per heavy atom. The lowest BCUT2D eigenvalue weighted by molar-refractivity contribution is -0.116. The van der Waals surface area contributed by atoms with Crippen molar-refractivity contribution < 1.29 is 9.18 Å². The molecule has 1 aromatic rings. The summed E-state index contributed by atoms with van der Waals surface area (Å²) in [6.07, 6.45) is 4.22. The largest absolute Gasteiger partial charge is 0.330 e. The molecule has 1 aromatic carbocycles. The van der Waals surface area contributed by atoms with Crippen LogP contribution in [0.25, 0.3) is 0 Å². The molecule has 0 radical (unpaired) electrons. The van der Waals surface area contributed by atoms with Crippen LogP contribution >= 0.6 is 11.6 Å². The number of hydrogen-bond acceptors (Lipinski definition) is 2. The normalized spacial score (nSPS) is 12.2. The van der Waals surface area contributed by atoms with Gasteiger partial charge in [0.2, 0.25) is 5.91 Å². The Hall–Kier alpha value is -1.13. The third kappa shape index (κ3) is 5.47. The highest BCUT2D eigenvalue weighted by atomic mass is 35.5. The van der Waals surface area contributed by atoms with Gasteiger partial charge in [-0.3, -0.25) is 4.79 Å². The average Bonchev–Trinajstić information content (AvgIpc) is 2.42. The molecule has 3 nitrogen and oxygen atoms in total. The summed E-state index contributed by atoms with van der Waals surface area (Å²) in [6.45, 7) is 2.75. The van der Waals surface area contributed by atoms with E-state index in [1.807, 2.05) is 0 Å². The summed E-state index contributed by atoms with van der Waals surface area (Å²) in [5.41, 5.74) is 5.69. The summed E-state index contributed by atoms with van der Waals surface area (Å²) in [6, 6.07) is 4.56. The van der Waals surface area contributed by atoms with Gasteiger partial charge < -0.3 is 11.1 Å². The molecule has 0 heterocycles. The Morgan fingerprint density at radius 2 is 2.15 bits per heavy atom. The van der Waals surface area contributed by atoms with Crippen molar-refractivity contribution in [2.24, 2.45) is 11.7 Å². The van der Waals surface area contributed by atoms with Gasteiger partial charge in [-0.15, -0.1) is 0 Å². The molecule has 0 aliphatic heterocycles. The maximum atomic E-state index is 13.6. The van der Waals surface area contributed by atoms with Crippen LogP contribution in [0.5, 0.6) is 0 Å². The molecular formula is C15H22ClFN2O. The molecule has 0 saturated heterocycles. The Labute approximate surface area is 124 Å². The number of anilines is 1. The smallest absolute Gasteiger partial charge is 0.224 e. The molecule has 0 fully saturated rings. The minimum Gasteiger partial charge on any atom is -0.330 e. The molecule has 0 spiro atoms. The zero-order chi connectivity index (χ0) is 15.0. The zero-order valence-corrected chi connectivity index (χ0v) is 12.5. The van der Waals surface area contributed by atoms with Crippen molar-refractivity contribution in [3.8, 4) is 0 Å². The van der Waals surface area contributed by atoms with Gasteiger partial charge in [-0.1, -0.05) is 37.4 Å². The van der Waals surface area contributed by atoms with Gasteiger partial charge in [-0.25, -0.2) is 4.39 Å². The van der Waals surface area contributed by atoms with Gasteiger partial charge in [0.05, 0.1) is 10.7 Å². The molecule has 0 bridgehead atoms. The first-order valence-electron chi connectivity index (χ1n) is 7.02. The molecule has 0 aromatic heterocycles. The van der Waals surface area contributed by atoms with Gasteiger partial charge in [0.1, 0.15) is 0 Å². The van der Waals surface area contributed by atoms with Crippen molar-refractivity contribution in [2.45, 2.75) is 39.0 Å². The minimum atomic E-state index is -0.588. The fourth-order valence-electron chi connectivity index (χ4n) is 2.23. The summed E-state index contributed by atoms with van der Waals surface area (Å²) in [4.78, 5) is 11.8. The lowest BCUT2D eigenvalue weighted by atomic mass is 9.94. The standard InChI is InChI=1S/C15H22ClFN2O/c1-2-4-11(9-10-18)7-8-14(20)19-13-6-3-5-12(16)15(13)17/h3,5-6,11H,2,4,7-10,18H2,1H3,(H,19,20). The molecule has 1 atom stereocenters. The fourth-order valence-corrected chi connectivity index (χ4v) is 2.40. The predicted octanol–water partition coefficient (Wildman–Crippen LogP) is 3.96. The number of carbonyl (C=O) groups excluding carboxylic acids is 1. The van der Waals surface area contributed by atoms with Crippen LogP contribution in [0.3, 0.4) is 0 Å². The van der Waals surface area contributed by atoms with Crippen molar-refractivity contribution in [3.05, 3.63) is 29.0 Å². The van der Waals surface area contributed by atoms with Gasteiger partial charge >= 0.3 is 0 Å². The molecule has 20 heavy (non-hydrogen) atoms. The summed E-state index contributed by atoms with van der Waals surface area (Å²) >= 11 is 5.67. The molecule has 112 valence electrons. The molecule has 1 unspecified atom stereocenters. The maximum Gasteiger partial charge on any atom is 0.224 e. The Morgan fingerprint density at radius 3 is 2.80 bits per heavy atom. The second-order valence-electron chi connectivity index (χ2n) is 4.92. The highest BCUT2D eigenvalue weighted by Crippen LogP contribution is 2.23. The van der Waals surface area contributed by atoms with E-state index in [0.29, 0.717) is 18.9 Å². The van der Waals surface area contributed by atoms with Gasteiger partial charge in [-0.2, -0.15) is 0 Å². The van der Waals surface area contributed by atoms with Crippen LogP contribution in [0.4, 0.5) is 10.1 Å². The third-order valence-electron chi connectivity index (χ3n) is 3.28. The van der Waals surface area contributed by atoms with E-state index < -0.39 is 5.82 Å². The quantitative estimate of drug-likeness (QED) is 0.763. The van der Waals surface area contributed by atoms with Crippen LogP contribution in [0, 0.1) is 11.7 Å². The average molecular weight is 301 g/mol. The number of nitrogens with one attached hydrogen (secondary N) is 1. The Kier molecular flexibility index (Phi) is 7.55. The number of hydrogen-bond donors (Lipinski definition) is 2. The van der Waals surface area contributed by atoms with Crippen LogP contribution in [0.15, 0.2) is 18.2 Å². The van der Waals surface area contributed by atoms with E-state index in [-0.39, 0.29) is 16.6 Å². The molecule has 1 rings (SSSR count). The molecule has 1 amide bonds. The van der Waals surface area contributed by atoms with E-state index in [1.165, 1.54) is 12.1 Å².